The molecule has 0 fully saturated rings. The first-order chi connectivity index (χ1) is 9.90. The third-order valence-electron chi connectivity index (χ3n) is 3.14. The molecule has 0 atom stereocenters. The van der Waals surface area contributed by atoms with Crippen LogP contribution in [-0.4, -0.2) is 23.0 Å². The van der Waals surface area contributed by atoms with Gasteiger partial charge in [-0.1, -0.05) is 17.7 Å². The van der Waals surface area contributed by atoms with E-state index in [2.05, 4.69) is 0 Å². The van der Waals surface area contributed by atoms with Gasteiger partial charge in [0, 0.05) is 24.4 Å². The van der Waals surface area contributed by atoms with Gasteiger partial charge < -0.3 is 10.0 Å². The van der Waals surface area contributed by atoms with Crippen LogP contribution in [0.5, 0.6) is 5.75 Å². The van der Waals surface area contributed by atoms with Gasteiger partial charge in [0.05, 0.1) is 4.92 Å². The smallest absolute Gasteiger partial charge is 0.310 e. The van der Waals surface area contributed by atoms with Crippen LogP contribution in [-0.2, 0) is 0 Å². The SMILES string of the molecule is Cc1ccc(N(C)C(=O)c2ccc([N+](=O)[O-])c(O)c2)cc1. The number of phenolic OH excluding ortho intramolecular Hbond substituents is 1. The molecule has 2 aromatic carbocycles. The molecule has 0 bridgehead atoms. The minimum atomic E-state index is -0.701. The van der Waals surface area contributed by atoms with Crippen molar-refractivity contribution in [1.82, 2.24) is 0 Å². The van der Waals surface area contributed by atoms with Crippen molar-refractivity contribution in [2.75, 3.05) is 11.9 Å². The fourth-order valence-corrected chi connectivity index (χ4v) is 1.89. The highest BCUT2D eigenvalue weighted by atomic mass is 16.6. The summed E-state index contributed by atoms with van der Waals surface area (Å²) in [6.45, 7) is 1.94. The number of nitro benzene ring substituents is 1. The molecule has 1 N–H and O–H groups in total. The Hall–Kier alpha value is -2.89. The summed E-state index contributed by atoms with van der Waals surface area (Å²) < 4.78 is 0. The standard InChI is InChI=1S/C15H14N2O4/c1-10-3-6-12(7-4-10)16(2)15(19)11-5-8-13(17(20)21)14(18)9-11/h3-9,18H,1-2H3. The molecule has 0 aliphatic rings. The number of benzene rings is 2. The van der Waals surface area contributed by atoms with Gasteiger partial charge >= 0.3 is 5.69 Å². The van der Waals surface area contributed by atoms with Crippen LogP contribution in [0.2, 0.25) is 0 Å². The van der Waals surface area contributed by atoms with Gasteiger partial charge in [-0.2, -0.15) is 0 Å². The summed E-state index contributed by atoms with van der Waals surface area (Å²) in [4.78, 5) is 23.7. The van der Waals surface area contributed by atoms with Crippen molar-refractivity contribution in [1.29, 1.82) is 0 Å². The molecule has 0 heterocycles. The first-order valence-corrected chi connectivity index (χ1v) is 6.22. The number of hydrogen-bond donors (Lipinski definition) is 1. The van der Waals surface area contributed by atoms with E-state index in [1.165, 1.54) is 11.0 Å². The average Bonchev–Trinajstić information content (AvgIpc) is 2.46. The van der Waals surface area contributed by atoms with E-state index in [-0.39, 0.29) is 11.5 Å². The predicted octanol–water partition coefficient (Wildman–Crippen LogP) is 2.89. The van der Waals surface area contributed by atoms with Gasteiger partial charge in [-0.3, -0.25) is 14.9 Å². The maximum atomic E-state index is 12.3. The van der Waals surface area contributed by atoms with E-state index in [0.717, 1.165) is 17.7 Å². The van der Waals surface area contributed by atoms with Crippen molar-refractivity contribution in [2.24, 2.45) is 0 Å². The molecule has 0 spiro atoms. The second kappa shape index (κ2) is 5.62. The van der Waals surface area contributed by atoms with Crippen LogP contribution in [0.1, 0.15) is 15.9 Å². The summed E-state index contributed by atoms with van der Waals surface area (Å²) in [7, 11) is 1.60. The molecule has 0 aliphatic carbocycles. The highest BCUT2D eigenvalue weighted by Crippen LogP contribution is 2.27. The van der Waals surface area contributed by atoms with Crippen molar-refractivity contribution in [3.63, 3.8) is 0 Å². The second-order valence-electron chi connectivity index (χ2n) is 4.66. The van der Waals surface area contributed by atoms with E-state index >= 15 is 0 Å². The molecule has 6 nitrogen and oxygen atoms in total. The van der Waals surface area contributed by atoms with Crippen LogP contribution in [0.25, 0.3) is 0 Å². The van der Waals surface area contributed by atoms with Crippen LogP contribution in [0.3, 0.4) is 0 Å². The largest absolute Gasteiger partial charge is 0.502 e. The van der Waals surface area contributed by atoms with Crippen molar-refractivity contribution in [3.8, 4) is 5.75 Å². The lowest BCUT2D eigenvalue weighted by Crippen LogP contribution is -2.26. The van der Waals surface area contributed by atoms with E-state index in [4.69, 9.17) is 0 Å². The third-order valence-corrected chi connectivity index (χ3v) is 3.14. The van der Waals surface area contributed by atoms with Gasteiger partial charge in [0.2, 0.25) is 0 Å². The zero-order valence-corrected chi connectivity index (χ0v) is 11.6. The van der Waals surface area contributed by atoms with Crippen molar-refractivity contribution in [3.05, 3.63) is 63.7 Å². The molecule has 6 heteroatoms. The number of aryl methyl sites for hydroxylation is 1. The number of carbonyl (C=O) groups is 1. The molecular weight excluding hydrogens is 272 g/mol. The van der Waals surface area contributed by atoms with Crippen LogP contribution in [0.15, 0.2) is 42.5 Å². The van der Waals surface area contributed by atoms with Crippen molar-refractivity contribution >= 4 is 17.3 Å². The number of aromatic hydroxyl groups is 1. The number of nitro groups is 1. The second-order valence-corrected chi connectivity index (χ2v) is 4.66. The van der Waals surface area contributed by atoms with Gasteiger partial charge in [0.1, 0.15) is 0 Å². The highest BCUT2D eigenvalue weighted by molar-refractivity contribution is 6.06. The monoisotopic (exact) mass is 286 g/mol. The van der Waals surface area contributed by atoms with E-state index in [0.29, 0.717) is 5.69 Å². The minimum absolute atomic E-state index is 0.182. The van der Waals surface area contributed by atoms with Gasteiger partial charge in [0.15, 0.2) is 5.75 Å². The lowest BCUT2D eigenvalue weighted by molar-refractivity contribution is -0.385. The Kier molecular flexibility index (Phi) is 3.89. The summed E-state index contributed by atoms with van der Waals surface area (Å²) in [5.74, 6) is -0.882. The lowest BCUT2D eigenvalue weighted by Gasteiger charge is -2.17. The van der Waals surface area contributed by atoms with Gasteiger partial charge in [-0.05, 0) is 31.2 Å². The van der Waals surface area contributed by atoms with Gasteiger partial charge in [-0.25, -0.2) is 0 Å². The topological polar surface area (TPSA) is 83.7 Å². The number of carbonyl (C=O) groups excluding carboxylic acids is 1. The maximum Gasteiger partial charge on any atom is 0.310 e. The highest BCUT2D eigenvalue weighted by Gasteiger charge is 2.19. The fraction of sp³-hybridized carbons (Fsp3) is 0.133. The molecule has 1 amide bonds. The van der Waals surface area contributed by atoms with E-state index in [1.54, 1.807) is 19.2 Å². The van der Waals surface area contributed by atoms with Crippen molar-refractivity contribution in [2.45, 2.75) is 6.92 Å². The Morgan fingerprint density at radius 1 is 1.19 bits per heavy atom. The molecule has 0 aliphatic heterocycles. The summed E-state index contributed by atoms with van der Waals surface area (Å²) in [5.41, 5.74) is 1.53. The van der Waals surface area contributed by atoms with Gasteiger partial charge in [0.25, 0.3) is 5.91 Å². The number of nitrogens with zero attached hydrogens (tertiary/aromatic N) is 2. The summed E-state index contributed by atoms with van der Waals surface area (Å²) in [5, 5.41) is 20.2. The molecule has 108 valence electrons. The number of phenols is 1. The maximum absolute atomic E-state index is 12.3. The van der Waals surface area contributed by atoms with E-state index < -0.39 is 16.4 Å². The Balaban J connectivity index is 2.29. The van der Waals surface area contributed by atoms with Gasteiger partial charge in [-0.15, -0.1) is 0 Å². The number of rotatable bonds is 3. The van der Waals surface area contributed by atoms with E-state index in [9.17, 15) is 20.0 Å². The molecule has 0 unspecified atom stereocenters. The molecule has 0 aromatic heterocycles. The molecule has 0 radical (unpaired) electrons. The summed E-state index contributed by atoms with van der Waals surface area (Å²) >= 11 is 0. The average molecular weight is 286 g/mol. The normalized spacial score (nSPS) is 10.2. The number of anilines is 1. The number of amides is 1. The molecular formula is C15H14N2O4. The van der Waals surface area contributed by atoms with Crippen LogP contribution in [0, 0.1) is 17.0 Å². The first kappa shape index (κ1) is 14.5. The zero-order valence-electron chi connectivity index (χ0n) is 11.6. The van der Waals surface area contributed by atoms with E-state index in [1.807, 2.05) is 19.1 Å². The summed E-state index contributed by atoms with van der Waals surface area (Å²) in [6.07, 6.45) is 0. The molecule has 21 heavy (non-hydrogen) atoms. The van der Waals surface area contributed by atoms with Crippen LogP contribution < -0.4 is 4.90 Å². The van der Waals surface area contributed by atoms with Crippen LogP contribution >= 0.6 is 0 Å². The molecule has 0 saturated heterocycles. The predicted molar refractivity (Wildman–Crippen MR) is 78.7 cm³/mol. The van der Waals surface area contributed by atoms with Crippen LogP contribution in [0.4, 0.5) is 11.4 Å². The molecule has 2 rings (SSSR count). The summed E-state index contributed by atoms with van der Waals surface area (Å²) in [6, 6.07) is 10.9. The zero-order chi connectivity index (χ0) is 15.6. The third kappa shape index (κ3) is 3.00. The molecule has 0 saturated carbocycles. The van der Waals surface area contributed by atoms with Crippen molar-refractivity contribution < 1.29 is 14.8 Å². The Morgan fingerprint density at radius 3 is 2.33 bits per heavy atom. The molecule has 2 aromatic rings. The fourth-order valence-electron chi connectivity index (χ4n) is 1.89. The quantitative estimate of drug-likeness (QED) is 0.694. The first-order valence-electron chi connectivity index (χ1n) is 6.22. The Bertz CT molecular complexity index is 695. The minimum Gasteiger partial charge on any atom is -0.502 e. The Morgan fingerprint density at radius 2 is 1.81 bits per heavy atom. The lowest BCUT2D eigenvalue weighted by atomic mass is 10.1. The Labute approximate surface area is 121 Å². The number of hydrogen-bond acceptors (Lipinski definition) is 4.